The zero-order valence-corrected chi connectivity index (χ0v) is 13.6. The van der Waals surface area contributed by atoms with Crippen molar-refractivity contribution in [2.45, 2.75) is 25.7 Å². The monoisotopic (exact) mass is 316 g/mol. The van der Waals surface area contributed by atoms with Gasteiger partial charge in [0.15, 0.2) is 0 Å². The number of piperidine rings is 1. The molecule has 1 aromatic rings. The number of carbonyl (C=O) groups excluding carboxylic acids is 2. The molecule has 0 spiro atoms. The SMILES string of the molecule is COc1cccc(C(=O)N2CCC[C@H](C(=O)NCC3CC3)C2)c1. The van der Waals surface area contributed by atoms with Crippen LogP contribution in [-0.4, -0.2) is 43.5 Å². The molecule has 1 heterocycles. The Balaban J connectivity index is 1.60. The van der Waals surface area contributed by atoms with Gasteiger partial charge in [0.25, 0.3) is 5.91 Å². The Morgan fingerprint density at radius 2 is 2.13 bits per heavy atom. The van der Waals surface area contributed by atoms with E-state index in [9.17, 15) is 9.59 Å². The summed E-state index contributed by atoms with van der Waals surface area (Å²) in [6.45, 7) is 2.01. The summed E-state index contributed by atoms with van der Waals surface area (Å²) in [5, 5.41) is 3.03. The van der Waals surface area contributed by atoms with Crippen molar-refractivity contribution < 1.29 is 14.3 Å². The van der Waals surface area contributed by atoms with Crippen molar-refractivity contribution in [1.82, 2.24) is 10.2 Å². The summed E-state index contributed by atoms with van der Waals surface area (Å²) in [6, 6.07) is 7.18. The molecule has 0 aromatic heterocycles. The Hall–Kier alpha value is -2.04. The van der Waals surface area contributed by atoms with E-state index in [2.05, 4.69) is 5.32 Å². The highest BCUT2D eigenvalue weighted by atomic mass is 16.5. The van der Waals surface area contributed by atoms with Gasteiger partial charge < -0.3 is 15.0 Å². The number of likely N-dealkylation sites (tertiary alicyclic amines) is 1. The minimum atomic E-state index is -0.0861. The molecule has 1 aromatic carbocycles. The van der Waals surface area contributed by atoms with Gasteiger partial charge in [0.05, 0.1) is 13.0 Å². The van der Waals surface area contributed by atoms with Crippen molar-refractivity contribution in [3.8, 4) is 5.75 Å². The number of benzene rings is 1. The van der Waals surface area contributed by atoms with Gasteiger partial charge in [-0.05, 0) is 49.8 Å². The summed E-state index contributed by atoms with van der Waals surface area (Å²) < 4.78 is 5.18. The van der Waals surface area contributed by atoms with Crippen molar-refractivity contribution in [2.75, 3.05) is 26.7 Å². The highest BCUT2D eigenvalue weighted by Crippen LogP contribution is 2.28. The second-order valence-corrected chi connectivity index (χ2v) is 6.51. The third kappa shape index (κ3) is 4.03. The number of methoxy groups -OCH3 is 1. The van der Waals surface area contributed by atoms with Crippen LogP contribution in [0.25, 0.3) is 0 Å². The number of ether oxygens (including phenoxy) is 1. The standard InChI is InChI=1S/C18H24N2O3/c1-23-16-6-2-4-14(10-16)18(22)20-9-3-5-15(12-20)17(21)19-11-13-7-8-13/h2,4,6,10,13,15H,3,5,7-9,11-12H2,1H3,(H,19,21)/t15-/m0/s1. The molecule has 1 saturated carbocycles. The van der Waals surface area contributed by atoms with E-state index in [4.69, 9.17) is 4.74 Å². The van der Waals surface area contributed by atoms with Crippen LogP contribution in [0.5, 0.6) is 5.75 Å². The van der Waals surface area contributed by atoms with Crippen LogP contribution in [0.2, 0.25) is 0 Å². The van der Waals surface area contributed by atoms with Gasteiger partial charge in [0, 0.05) is 25.2 Å². The van der Waals surface area contributed by atoms with Gasteiger partial charge in [0.2, 0.25) is 5.91 Å². The minimum absolute atomic E-state index is 0.0245. The van der Waals surface area contributed by atoms with Crippen LogP contribution in [-0.2, 0) is 4.79 Å². The largest absolute Gasteiger partial charge is 0.497 e. The second kappa shape index (κ2) is 7.02. The molecule has 2 aliphatic rings. The first kappa shape index (κ1) is 15.8. The van der Waals surface area contributed by atoms with Gasteiger partial charge in [-0.2, -0.15) is 0 Å². The quantitative estimate of drug-likeness (QED) is 0.905. The van der Waals surface area contributed by atoms with Gasteiger partial charge >= 0.3 is 0 Å². The van der Waals surface area contributed by atoms with Gasteiger partial charge in [-0.3, -0.25) is 9.59 Å². The Labute approximate surface area is 137 Å². The van der Waals surface area contributed by atoms with Crippen LogP contribution in [0.1, 0.15) is 36.0 Å². The van der Waals surface area contributed by atoms with Crippen molar-refractivity contribution >= 4 is 11.8 Å². The van der Waals surface area contributed by atoms with E-state index in [1.807, 2.05) is 12.1 Å². The number of carbonyl (C=O) groups is 2. The Kier molecular flexibility index (Phi) is 4.84. The fraction of sp³-hybridized carbons (Fsp3) is 0.556. The van der Waals surface area contributed by atoms with Gasteiger partial charge in [-0.1, -0.05) is 6.07 Å². The smallest absolute Gasteiger partial charge is 0.254 e. The summed E-state index contributed by atoms with van der Waals surface area (Å²) in [6.07, 6.45) is 4.19. The van der Waals surface area contributed by atoms with E-state index in [0.29, 0.717) is 30.3 Å². The average molecular weight is 316 g/mol. The van der Waals surface area contributed by atoms with Crippen molar-refractivity contribution in [2.24, 2.45) is 11.8 Å². The molecule has 1 aliphatic heterocycles. The van der Waals surface area contributed by atoms with Gasteiger partial charge in [-0.25, -0.2) is 0 Å². The third-order valence-electron chi connectivity index (χ3n) is 4.66. The first-order valence-corrected chi connectivity index (χ1v) is 8.38. The lowest BCUT2D eigenvalue weighted by atomic mass is 9.96. The van der Waals surface area contributed by atoms with E-state index in [0.717, 1.165) is 19.4 Å². The molecule has 1 saturated heterocycles. The van der Waals surface area contributed by atoms with Crippen molar-refractivity contribution in [1.29, 1.82) is 0 Å². The zero-order chi connectivity index (χ0) is 16.2. The van der Waals surface area contributed by atoms with E-state index in [-0.39, 0.29) is 17.7 Å². The number of hydrogen-bond donors (Lipinski definition) is 1. The van der Waals surface area contributed by atoms with E-state index >= 15 is 0 Å². The fourth-order valence-corrected chi connectivity index (χ4v) is 3.03. The summed E-state index contributed by atoms with van der Waals surface area (Å²) in [5.74, 6) is 1.34. The highest BCUT2D eigenvalue weighted by Gasteiger charge is 2.30. The molecule has 23 heavy (non-hydrogen) atoms. The molecule has 0 unspecified atom stereocenters. The Morgan fingerprint density at radius 3 is 2.87 bits per heavy atom. The first-order chi connectivity index (χ1) is 11.2. The predicted molar refractivity (Wildman–Crippen MR) is 87.4 cm³/mol. The number of amides is 2. The van der Waals surface area contributed by atoms with Crippen LogP contribution < -0.4 is 10.1 Å². The molecule has 0 radical (unpaired) electrons. The molecule has 5 nitrogen and oxygen atoms in total. The molecule has 0 bridgehead atoms. The van der Waals surface area contributed by atoms with Crippen LogP contribution in [0, 0.1) is 11.8 Å². The molecule has 3 rings (SSSR count). The fourth-order valence-electron chi connectivity index (χ4n) is 3.03. The van der Waals surface area contributed by atoms with Crippen LogP contribution in [0.3, 0.4) is 0 Å². The minimum Gasteiger partial charge on any atom is -0.497 e. The van der Waals surface area contributed by atoms with Crippen LogP contribution in [0.15, 0.2) is 24.3 Å². The molecule has 5 heteroatoms. The molecule has 1 aliphatic carbocycles. The van der Waals surface area contributed by atoms with Crippen molar-refractivity contribution in [3.63, 3.8) is 0 Å². The normalized spacial score (nSPS) is 20.9. The third-order valence-corrected chi connectivity index (χ3v) is 4.66. The summed E-state index contributed by atoms with van der Waals surface area (Å²) in [4.78, 5) is 26.7. The topological polar surface area (TPSA) is 58.6 Å². The zero-order valence-electron chi connectivity index (χ0n) is 13.6. The lowest BCUT2D eigenvalue weighted by Crippen LogP contribution is -2.45. The molecule has 124 valence electrons. The number of nitrogens with zero attached hydrogens (tertiary/aromatic N) is 1. The Morgan fingerprint density at radius 1 is 1.30 bits per heavy atom. The number of rotatable bonds is 5. The molecule has 2 amide bonds. The van der Waals surface area contributed by atoms with Gasteiger partial charge in [-0.15, -0.1) is 0 Å². The average Bonchev–Trinajstić information content (AvgIpc) is 3.43. The maximum atomic E-state index is 12.7. The Bertz CT molecular complexity index is 583. The number of hydrogen-bond acceptors (Lipinski definition) is 3. The lowest BCUT2D eigenvalue weighted by molar-refractivity contribution is -0.126. The molecular weight excluding hydrogens is 292 g/mol. The molecular formula is C18H24N2O3. The van der Waals surface area contributed by atoms with E-state index in [1.165, 1.54) is 12.8 Å². The van der Waals surface area contributed by atoms with E-state index < -0.39 is 0 Å². The first-order valence-electron chi connectivity index (χ1n) is 8.38. The summed E-state index contributed by atoms with van der Waals surface area (Å²) >= 11 is 0. The maximum absolute atomic E-state index is 12.7. The molecule has 2 fully saturated rings. The van der Waals surface area contributed by atoms with Crippen LogP contribution in [0.4, 0.5) is 0 Å². The molecule has 1 N–H and O–H groups in total. The molecule has 1 atom stereocenters. The summed E-state index contributed by atoms with van der Waals surface area (Å²) in [7, 11) is 1.59. The van der Waals surface area contributed by atoms with Gasteiger partial charge in [0.1, 0.15) is 5.75 Å². The van der Waals surface area contributed by atoms with Crippen LogP contribution >= 0.6 is 0 Å². The van der Waals surface area contributed by atoms with Crippen molar-refractivity contribution in [3.05, 3.63) is 29.8 Å². The predicted octanol–water partition coefficient (Wildman–Crippen LogP) is 2.07. The summed E-state index contributed by atoms with van der Waals surface area (Å²) in [5.41, 5.74) is 0.614. The lowest BCUT2D eigenvalue weighted by Gasteiger charge is -2.32. The van der Waals surface area contributed by atoms with E-state index in [1.54, 1.807) is 24.1 Å². The second-order valence-electron chi connectivity index (χ2n) is 6.51. The highest BCUT2D eigenvalue weighted by molar-refractivity contribution is 5.95. The maximum Gasteiger partial charge on any atom is 0.254 e. The number of nitrogens with one attached hydrogen (secondary N) is 1.